The Morgan fingerprint density at radius 1 is 1.00 bits per heavy atom. The summed E-state index contributed by atoms with van der Waals surface area (Å²) in [7, 11) is 0. The van der Waals surface area contributed by atoms with Gasteiger partial charge in [0.1, 0.15) is 0 Å². The van der Waals surface area contributed by atoms with Crippen molar-refractivity contribution in [1.29, 1.82) is 0 Å². The van der Waals surface area contributed by atoms with Crippen LogP contribution in [0.2, 0.25) is 10.0 Å². The molecule has 76 valence electrons. The summed E-state index contributed by atoms with van der Waals surface area (Å²) in [5.74, 6) is 0.524. The molecule has 0 bridgehead atoms. The first-order chi connectivity index (χ1) is 7.25. The van der Waals surface area contributed by atoms with Gasteiger partial charge in [-0.05, 0) is 24.3 Å². The summed E-state index contributed by atoms with van der Waals surface area (Å²) >= 11 is 11.7. The number of hydrogen-bond donors (Lipinski definition) is 1. The normalized spacial score (nSPS) is 10.0. The van der Waals surface area contributed by atoms with Crippen molar-refractivity contribution in [3.05, 3.63) is 46.7 Å². The van der Waals surface area contributed by atoms with Gasteiger partial charge in [0.2, 0.25) is 5.95 Å². The zero-order valence-electron chi connectivity index (χ0n) is 7.61. The van der Waals surface area contributed by atoms with Crippen LogP contribution in [0.5, 0.6) is 0 Å². The van der Waals surface area contributed by atoms with Crippen LogP contribution in [0.3, 0.4) is 0 Å². The highest BCUT2D eigenvalue weighted by atomic mass is 35.5. The molecule has 0 radical (unpaired) electrons. The third kappa shape index (κ3) is 2.58. The van der Waals surface area contributed by atoms with Crippen molar-refractivity contribution >= 4 is 34.8 Å². The number of anilines is 2. The topological polar surface area (TPSA) is 37.8 Å². The molecule has 0 fully saturated rings. The summed E-state index contributed by atoms with van der Waals surface area (Å²) in [6.45, 7) is 0. The van der Waals surface area contributed by atoms with E-state index in [1.165, 1.54) is 0 Å². The molecule has 0 unspecified atom stereocenters. The molecule has 1 aromatic carbocycles. The molecule has 2 rings (SSSR count). The largest absolute Gasteiger partial charge is 0.324 e. The van der Waals surface area contributed by atoms with Crippen molar-refractivity contribution in [3.63, 3.8) is 0 Å². The van der Waals surface area contributed by atoms with Gasteiger partial charge in [-0.1, -0.05) is 23.2 Å². The SMILES string of the molecule is Clc1ccc(Nc2ncccn2)cc1Cl. The van der Waals surface area contributed by atoms with Crippen molar-refractivity contribution in [1.82, 2.24) is 9.97 Å². The smallest absolute Gasteiger partial charge is 0.227 e. The van der Waals surface area contributed by atoms with Crippen LogP contribution in [0.25, 0.3) is 0 Å². The maximum absolute atomic E-state index is 5.87. The molecule has 0 atom stereocenters. The second-order valence-electron chi connectivity index (χ2n) is 2.83. The third-order valence-electron chi connectivity index (χ3n) is 1.74. The quantitative estimate of drug-likeness (QED) is 0.872. The first kappa shape index (κ1) is 10.2. The van der Waals surface area contributed by atoms with E-state index in [0.717, 1.165) is 5.69 Å². The van der Waals surface area contributed by atoms with Crippen LogP contribution in [-0.2, 0) is 0 Å². The summed E-state index contributed by atoms with van der Waals surface area (Å²) in [6, 6.07) is 7.00. The van der Waals surface area contributed by atoms with E-state index in [1.54, 1.807) is 30.6 Å². The van der Waals surface area contributed by atoms with Crippen LogP contribution in [0, 0.1) is 0 Å². The standard InChI is InChI=1S/C10H7Cl2N3/c11-8-3-2-7(6-9(8)12)15-10-13-4-1-5-14-10/h1-6H,(H,13,14,15). The fraction of sp³-hybridized carbons (Fsp3) is 0. The lowest BCUT2D eigenvalue weighted by atomic mass is 10.3. The van der Waals surface area contributed by atoms with E-state index in [9.17, 15) is 0 Å². The lowest BCUT2D eigenvalue weighted by molar-refractivity contribution is 1.17. The van der Waals surface area contributed by atoms with Gasteiger partial charge in [-0.25, -0.2) is 9.97 Å². The Kier molecular flexibility index (Phi) is 3.04. The Hall–Kier alpha value is -1.32. The predicted molar refractivity (Wildman–Crippen MR) is 61.8 cm³/mol. The van der Waals surface area contributed by atoms with E-state index in [0.29, 0.717) is 16.0 Å². The second kappa shape index (κ2) is 4.47. The highest BCUT2D eigenvalue weighted by Crippen LogP contribution is 2.25. The Bertz CT molecular complexity index is 459. The van der Waals surface area contributed by atoms with Crippen molar-refractivity contribution in [2.45, 2.75) is 0 Å². The highest BCUT2D eigenvalue weighted by Gasteiger charge is 2.00. The lowest BCUT2D eigenvalue weighted by Crippen LogP contribution is -1.95. The van der Waals surface area contributed by atoms with Crippen LogP contribution in [0.15, 0.2) is 36.7 Å². The number of hydrogen-bond acceptors (Lipinski definition) is 3. The number of rotatable bonds is 2. The van der Waals surface area contributed by atoms with Crippen molar-refractivity contribution < 1.29 is 0 Å². The molecule has 2 aromatic rings. The molecular formula is C10H7Cl2N3. The monoisotopic (exact) mass is 239 g/mol. The summed E-state index contributed by atoms with van der Waals surface area (Å²) in [5, 5.41) is 4.03. The molecule has 5 heteroatoms. The van der Waals surface area contributed by atoms with E-state index < -0.39 is 0 Å². The Morgan fingerprint density at radius 2 is 1.73 bits per heavy atom. The Balaban J connectivity index is 2.22. The van der Waals surface area contributed by atoms with Crippen molar-refractivity contribution in [2.75, 3.05) is 5.32 Å². The van der Waals surface area contributed by atoms with Gasteiger partial charge in [0.15, 0.2) is 0 Å². The van der Waals surface area contributed by atoms with E-state index in [2.05, 4.69) is 15.3 Å². The van der Waals surface area contributed by atoms with Gasteiger partial charge in [0, 0.05) is 18.1 Å². The van der Waals surface area contributed by atoms with E-state index in [1.807, 2.05) is 6.07 Å². The average molecular weight is 240 g/mol. The van der Waals surface area contributed by atoms with Crippen molar-refractivity contribution in [3.8, 4) is 0 Å². The lowest BCUT2D eigenvalue weighted by Gasteiger charge is -2.04. The molecule has 3 nitrogen and oxygen atoms in total. The Morgan fingerprint density at radius 3 is 2.40 bits per heavy atom. The molecule has 0 saturated carbocycles. The number of nitrogens with one attached hydrogen (secondary N) is 1. The van der Waals surface area contributed by atoms with E-state index in [4.69, 9.17) is 23.2 Å². The maximum atomic E-state index is 5.87. The zero-order chi connectivity index (χ0) is 10.7. The van der Waals surface area contributed by atoms with Crippen LogP contribution in [-0.4, -0.2) is 9.97 Å². The molecule has 1 heterocycles. The van der Waals surface area contributed by atoms with E-state index >= 15 is 0 Å². The van der Waals surface area contributed by atoms with Crippen molar-refractivity contribution in [2.24, 2.45) is 0 Å². The fourth-order valence-corrected chi connectivity index (χ4v) is 1.36. The summed E-state index contributed by atoms with van der Waals surface area (Å²) in [6.07, 6.45) is 3.32. The van der Waals surface area contributed by atoms with Crippen LogP contribution >= 0.6 is 23.2 Å². The first-order valence-corrected chi connectivity index (χ1v) is 5.00. The van der Waals surface area contributed by atoms with Crippen LogP contribution < -0.4 is 5.32 Å². The molecular weight excluding hydrogens is 233 g/mol. The third-order valence-corrected chi connectivity index (χ3v) is 2.48. The molecule has 1 aromatic heterocycles. The predicted octanol–water partition coefficient (Wildman–Crippen LogP) is 3.53. The molecule has 1 N–H and O–H groups in total. The van der Waals surface area contributed by atoms with Gasteiger partial charge in [0.25, 0.3) is 0 Å². The number of aromatic nitrogens is 2. The highest BCUT2D eigenvalue weighted by molar-refractivity contribution is 6.42. The summed E-state index contributed by atoms with van der Waals surface area (Å²) in [4.78, 5) is 8.06. The summed E-state index contributed by atoms with van der Waals surface area (Å²) in [5.41, 5.74) is 0.801. The van der Waals surface area contributed by atoms with Gasteiger partial charge in [-0.15, -0.1) is 0 Å². The minimum Gasteiger partial charge on any atom is -0.324 e. The molecule has 15 heavy (non-hydrogen) atoms. The molecule has 0 aliphatic rings. The first-order valence-electron chi connectivity index (χ1n) is 4.25. The van der Waals surface area contributed by atoms with Gasteiger partial charge in [0.05, 0.1) is 10.0 Å². The fourth-order valence-electron chi connectivity index (χ4n) is 1.07. The van der Waals surface area contributed by atoms with Gasteiger partial charge in [-0.3, -0.25) is 0 Å². The van der Waals surface area contributed by atoms with Crippen LogP contribution in [0.1, 0.15) is 0 Å². The Labute approximate surface area is 97.1 Å². The minimum absolute atomic E-state index is 0.498. The summed E-state index contributed by atoms with van der Waals surface area (Å²) < 4.78 is 0. The van der Waals surface area contributed by atoms with E-state index in [-0.39, 0.29) is 0 Å². The number of benzene rings is 1. The second-order valence-corrected chi connectivity index (χ2v) is 3.64. The molecule has 0 saturated heterocycles. The van der Waals surface area contributed by atoms with Gasteiger partial charge >= 0.3 is 0 Å². The zero-order valence-corrected chi connectivity index (χ0v) is 9.13. The molecule has 0 aliphatic heterocycles. The molecule has 0 spiro atoms. The average Bonchev–Trinajstić information content (AvgIpc) is 2.25. The molecule has 0 aliphatic carbocycles. The van der Waals surface area contributed by atoms with Gasteiger partial charge < -0.3 is 5.32 Å². The molecule has 0 amide bonds. The number of halogens is 2. The maximum Gasteiger partial charge on any atom is 0.227 e. The van der Waals surface area contributed by atoms with Crippen LogP contribution in [0.4, 0.5) is 11.6 Å². The van der Waals surface area contributed by atoms with Gasteiger partial charge in [-0.2, -0.15) is 0 Å². The minimum atomic E-state index is 0.498. The number of nitrogens with zero attached hydrogens (tertiary/aromatic N) is 2.